The van der Waals surface area contributed by atoms with Gasteiger partial charge in [0.15, 0.2) is 5.13 Å². The summed E-state index contributed by atoms with van der Waals surface area (Å²) in [5.41, 5.74) is 2.03. The second kappa shape index (κ2) is 6.29. The summed E-state index contributed by atoms with van der Waals surface area (Å²) in [5, 5.41) is 5.31. The standard InChI is InChI=1S/C16H14N2O2S2/c1-10-8-13(11(2)22-10)14-9-21-16(17-14)18-15(19)6-5-12-4-3-7-20-12/h3-9H,1-2H3,(H,17,18,19)/b6-5+. The zero-order valence-electron chi connectivity index (χ0n) is 12.1. The van der Waals surface area contributed by atoms with E-state index in [1.807, 2.05) is 5.38 Å². The van der Waals surface area contributed by atoms with Crippen LogP contribution in [0.5, 0.6) is 0 Å². The number of anilines is 1. The van der Waals surface area contributed by atoms with Crippen LogP contribution in [0.3, 0.4) is 0 Å². The third kappa shape index (κ3) is 3.35. The van der Waals surface area contributed by atoms with Crippen LogP contribution < -0.4 is 5.32 Å². The molecule has 22 heavy (non-hydrogen) atoms. The van der Waals surface area contributed by atoms with Crippen molar-refractivity contribution in [3.8, 4) is 11.3 Å². The van der Waals surface area contributed by atoms with E-state index in [4.69, 9.17) is 4.42 Å². The van der Waals surface area contributed by atoms with Crippen molar-refractivity contribution in [3.63, 3.8) is 0 Å². The molecule has 0 fully saturated rings. The molecule has 112 valence electrons. The van der Waals surface area contributed by atoms with Crippen LogP contribution in [0.2, 0.25) is 0 Å². The maximum Gasteiger partial charge on any atom is 0.250 e. The van der Waals surface area contributed by atoms with E-state index in [-0.39, 0.29) is 5.91 Å². The molecule has 1 amide bonds. The number of carbonyl (C=O) groups is 1. The molecule has 0 aromatic carbocycles. The number of aromatic nitrogens is 1. The molecule has 0 unspecified atom stereocenters. The first-order chi connectivity index (χ1) is 10.6. The summed E-state index contributed by atoms with van der Waals surface area (Å²) in [6.45, 7) is 4.16. The number of rotatable bonds is 4. The summed E-state index contributed by atoms with van der Waals surface area (Å²) < 4.78 is 5.13. The quantitative estimate of drug-likeness (QED) is 0.703. The van der Waals surface area contributed by atoms with E-state index in [1.165, 1.54) is 27.2 Å². The first-order valence-electron chi connectivity index (χ1n) is 6.67. The number of hydrogen-bond donors (Lipinski definition) is 1. The number of thiophene rings is 1. The fraction of sp³-hybridized carbons (Fsp3) is 0.125. The summed E-state index contributed by atoms with van der Waals surface area (Å²) in [6, 6.07) is 5.68. The number of nitrogens with zero attached hydrogens (tertiary/aromatic N) is 1. The Kier molecular flexibility index (Phi) is 4.22. The smallest absolute Gasteiger partial charge is 0.250 e. The van der Waals surface area contributed by atoms with Gasteiger partial charge < -0.3 is 4.42 Å². The molecule has 0 aliphatic carbocycles. The Hall–Kier alpha value is -2.18. The van der Waals surface area contributed by atoms with E-state index in [9.17, 15) is 4.79 Å². The van der Waals surface area contributed by atoms with E-state index < -0.39 is 0 Å². The number of thiazole rings is 1. The SMILES string of the molecule is Cc1cc(-c2csc(NC(=O)/C=C/c3ccco3)n2)c(C)s1. The molecular weight excluding hydrogens is 316 g/mol. The summed E-state index contributed by atoms with van der Waals surface area (Å²) >= 11 is 3.17. The molecule has 4 nitrogen and oxygen atoms in total. The molecular formula is C16H14N2O2S2. The van der Waals surface area contributed by atoms with E-state index in [0.717, 1.165) is 11.3 Å². The third-order valence-electron chi connectivity index (χ3n) is 2.99. The van der Waals surface area contributed by atoms with Crippen molar-refractivity contribution < 1.29 is 9.21 Å². The normalized spacial score (nSPS) is 11.2. The maximum absolute atomic E-state index is 11.9. The van der Waals surface area contributed by atoms with Crippen LogP contribution in [0.15, 0.2) is 40.3 Å². The molecule has 0 aliphatic heterocycles. The molecule has 0 aliphatic rings. The molecule has 3 rings (SSSR count). The fourth-order valence-corrected chi connectivity index (χ4v) is 3.68. The number of nitrogens with one attached hydrogen (secondary N) is 1. The van der Waals surface area contributed by atoms with Gasteiger partial charge in [-0.15, -0.1) is 22.7 Å². The van der Waals surface area contributed by atoms with Gasteiger partial charge in [0.1, 0.15) is 5.76 Å². The highest BCUT2D eigenvalue weighted by molar-refractivity contribution is 7.14. The first kappa shape index (κ1) is 14.7. The van der Waals surface area contributed by atoms with E-state index >= 15 is 0 Å². The van der Waals surface area contributed by atoms with Gasteiger partial charge >= 0.3 is 0 Å². The molecule has 0 saturated heterocycles. The monoisotopic (exact) mass is 330 g/mol. The molecule has 3 aromatic rings. The zero-order chi connectivity index (χ0) is 15.5. The van der Waals surface area contributed by atoms with Gasteiger partial charge in [-0.25, -0.2) is 4.98 Å². The highest BCUT2D eigenvalue weighted by atomic mass is 32.1. The lowest BCUT2D eigenvalue weighted by molar-refractivity contribution is -0.111. The zero-order valence-corrected chi connectivity index (χ0v) is 13.8. The van der Waals surface area contributed by atoms with Gasteiger partial charge in [-0.2, -0.15) is 0 Å². The van der Waals surface area contributed by atoms with E-state index in [2.05, 4.69) is 30.2 Å². The number of aryl methyl sites for hydroxylation is 2. The van der Waals surface area contributed by atoms with Crippen molar-refractivity contribution in [2.75, 3.05) is 5.32 Å². The van der Waals surface area contributed by atoms with Gasteiger partial charge in [0.25, 0.3) is 0 Å². The van der Waals surface area contributed by atoms with Crippen molar-refractivity contribution in [1.82, 2.24) is 4.98 Å². The van der Waals surface area contributed by atoms with Crippen LogP contribution in [0.25, 0.3) is 17.3 Å². The van der Waals surface area contributed by atoms with Crippen LogP contribution in [-0.2, 0) is 4.79 Å². The van der Waals surface area contributed by atoms with Crippen LogP contribution in [0, 0.1) is 13.8 Å². The van der Waals surface area contributed by atoms with Crippen molar-refractivity contribution in [2.45, 2.75) is 13.8 Å². The molecule has 0 saturated carbocycles. The Balaban J connectivity index is 1.69. The van der Waals surface area contributed by atoms with Gasteiger partial charge in [0.05, 0.1) is 12.0 Å². The van der Waals surface area contributed by atoms with Crippen LogP contribution in [-0.4, -0.2) is 10.9 Å². The fourth-order valence-electron chi connectivity index (χ4n) is 2.03. The van der Waals surface area contributed by atoms with Crippen LogP contribution in [0.1, 0.15) is 15.5 Å². The molecule has 0 spiro atoms. The predicted molar refractivity (Wildman–Crippen MR) is 91.3 cm³/mol. The first-order valence-corrected chi connectivity index (χ1v) is 8.37. The van der Waals surface area contributed by atoms with Crippen molar-refractivity contribution >= 4 is 39.8 Å². The Morgan fingerprint density at radius 3 is 2.95 bits per heavy atom. The highest BCUT2D eigenvalue weighted by Gasteiger charge is 2.10. The average Bonchev–Trinajstić information content (AvgIpc) is 3.18. The lowest BCUT2D eigenvalue weighted by atomic mass is 10.2. The Labute approximate surface area is 136 Å². The van der Waals surface area contributed by atoms with Gasteiger partial charge in [-0.1, -0.05) is 0 Å². The summed E-state index contributed by atoms with van der Waals surface area (Å²) in [4.78, 5) is 18.8. The van der Waals surface area contributed by atoms with Crippen molar-refractivity contribution in [3.05, 3.63) is 51.4 Å². The van der Waals surface area contributed by atoms with Gasteiger partial charge in [-0.3, -0.25) is 10.1 Å². The minimum Gasteiger partial charge on any atom is -0.465 e. The second-order valence-electron chi connectivity index (χ2n) is 4.70. The largest absolute Gasteiger partial charge is 0.465 e. The summed E-state index contributed by atoms with van der Waals surface area (Å²) in [5.74, 6) is 0.412. The van der Waals surface area contributed by atoms with Crippen LogP contribution >= 0.6 is 22.7 Å². The van der Waals surface area contributed by atoms with E-state index in [1.54, 1.807) is 35.8 Å². The van der Waals surface area contributed by atoms with Gasteiger partial charge in [0.2, 0.25) is 5.91 Å². The third-order valence-corrected chi connectivity index (χ3v) is 4.72. The number of carbonyl (C=O) groups excluding carboxylic acids is 1. The van der Waals surface area contributed by atoms with Crippen molar-refractivity contribution in [1.29, 1.82) is 0 Å². The Bertz CT molecular complexity index is 813. The number of amides is 1. The molecule has 1 N–H and O–H groups in total. The number of furan rings is 1. The molecule has 0 atom stereocenters. The molecule has 0 radical (unpaired) electrons. The Morgan fingerprint density at radius 1 is 1.41 bits per heavy atom. The van der Waals surface area contributed by atoms with Gasteiger partial charge in [-0.05, 0) is 38.1 Å². The van der Waals surface area contributed by atoms with Crippen LogP contribution in [0.4, 0.5) is 5.13 Å². The molecule has 3 aromatic heterocycles. The average molecular weight is 330 g/mol. The minimum atomic E-state index is -0.226. The second-order valence-corrected chi connectivity index (χ2v) is 7.02. The van der Waals surface area contributed by atoms with E-state index in [0.29, 0.717) is 10.9 Å². The summed E-state index contributed by atoms with van der Waals surface area (Å²) in [7, 11) is 0. The number of hydrogen-bond acceptors (Lipinski definition) is 5. The highest BCUT2D eigenvalue weighted by Crippen LogP contribution is 2.32. The molecule has 6 heteroatoms. The van der Waals surface area contributed by atoms with Crippen molar-refractivity contribution in [2.24, 2.45) is 0 Å². The molecule has 0 bridgehead atoms. The lowest BCUT2D eigenvalue weighted by Crippen LogP contribution is -2.07. The maximum atomic E-state index is 11.9. The molecule has 3 heterocycles. The summed E-state index contributed by atoms with van der Waals surface area (Å²) in [6.07, 6.45) is 4.62. The predicted octanol–water partition coefficient (Wildman–Crippen LogP) is 4.73. The Morgan fingerprint density at radius 2 is 2.27 bits per heavy atom. The lowest BCUT2D eigenvalue weighted by Gasteiger charge is -1.96. The van der Waals surface area contributed by atoms with Gasteiger partial charge in [0, 0.05) is 26.8 Å². The minimum absolute atomic E-state index is 0.226. The topological polar surface area (TPSA) is 55.1 Å².